The Kier molecular flexibility index (Phi) is 3.54. The lowest BCUT2D eigenvalue weighted by molar-refractivity contribution is 0.0954. The minimum absolute atomic E-state index is 0.315. The molecule has 3 nitrogen and oxygen atoms in total. The molecule has 0 saturated heterocycles. The van der Waals surface area contributed by atoms with E-state index in [0.717, 1.165) is 0 Å². The van der Waals surface area contributed by atoms with Gasteiger partial charge in [-0.2, -0.15) is 0 Å². The van der Waals surface area contributed by atoms with Crippen LogP contribution in [0.5, 0.6) is 5.75 Å². The first-order chi connectivity index (χ1) is 6.19. The molecule has 0 aliphatic heterocycles. The number of methoxy groups -OCH3 is 1. The Morgan fingerprint density at radius 3 is 2.77 bits per heavy atom. The summed E-state index contributed by atoms with van der Waals surface area (Å²) in [6.07, 6.45) is -0.883. The van der Waals surface area contributed by atoms with Crippen molar-refractivity contribution in [2.24, 2.45) is 0 Å². The van der Waals surface area contributed by atoms with Crippen molar-refractivity contribution in [3.05, 3.63) is 28.8 Å². The number of rotatable bonds is 3. The van der Waals surface area contributed by atoms with E-state index in [2.05, 4.69) is 0 Å². The van der Waals surface area contributed by atoms with Gasteiger partial charge in [0.25, 0.3) is 0 Å². The molecule has 0 spiro atoms. The van der Waals surface area contributed by atoms with E-state index >= 15 is 0 Å². The van der Waals surface area contributed by atoms with Crippen LogP contribution >= 0.6 is 11.6 Å². The Bertz CT molecular complexity index is 288. The third-order valence-corrected chi connectivity index (χ3v) is 2.05. The van der Waals surface area contributed by atoms with Gasteiger partial charge in [-0.05, 0) is 17.7 Å². The maximum absolute atomic E-state index is 9.29. The maximum Gasteiger partial charge on any atom is 0.137 e. The first-order valence-electron chi connectivity index (χ1n) is 3.81. The zero-order valence-electron chi connectivity index (χ0n) is 7.20. The van der Waals surface area contributed by atoms with E-state index < -0.39 is 6.10 Å². The highest BCUT2D eigenvalue weighted by Crippen LogP contribution is 2.27. The SMILES string of the molecule is COc1cc(C(O)CO)ccc1Cl. The summed E-state index contributed by atoms with van der Waals surface area (Å²) in [6, 6.07) is 4.86. The molecular weight excluding hydrogens is 192 g/mol. The van der Waals surface area contributed by atoms with Crippen LogP contribution in [0.25, 0.3) is 0 Å². The van der Waals surface area contributed by atoms with Crippen LogP contribution in [-0.4, -0.2) is 23.9 Å². The number of hydrogen-bond donors (Lipinski definition) is 2. The number of hydrogen-bond acceptors (Lipinski definition) is 3. The molecule has 0 aliphatic rings. The van der Waals surface area contributed by atoms with Crippen LogP contribution in [0.3, 0.4) is 0 Å². The predicted molar refractivity (Wildman–Crippen MR) is 50.0 cm³/mol. The van der Waals surface area contributed by atoms with Gasteiger partial charge in [0.2, 0.25) is 0 Å². The summed E-state index contributed by atoms with van der Waals surface area (Å²) in [6.45, 7) is -0.315. The van der Waals surface area contributed by atoms with E-state index in [1.807, 2.05) is 0 Å². The van der Waals surface area contributed by atoms with Gasteiger partial charge in [-0.25, -0.2) is 0 Å². The van der Waals surface area contributed by atoms with Gasteiger partial charge in [0, 0.05) is 0 Å². The quantitative estimate of drug-likeness (QED) is 0.779. The molecule has 0 aliphatic carbocycles. The first-order valence-corrected chi connectivity index (χ1v) is 4.19. The van der Waals surface area contributed by atoms with Crippen molar-refractivity contribution in [2.45, 2.75) is 6.10 Å². The van der Waals surface area contributed by atoms with Gasteiger partial charge in [-0.3, -0.25) is 0 Å². The third-order valence-electron chi connectivity index (χ3n) is 1.73. The first kappa shape index (κ1) is 10.3. The summed E-state index contributed by atoms with van der Waals surface area (Å²) in [5.74, 6) is 0.492. The molecule has 0 amide bonds. The number of aliphatic hydroxyl groups excluding tert-OH is 2. The van der Waals surface area contributed by atoms with Gasteiger partial charge < -0.3 is 14.9 Å². The van der Waals surface area contributed by atoms with Gasteiger partial charge in [-0.1, -0.05) is 17.7 Å². The molecule has 0 aromatic heterocycles. The minimum Gasteiger partial charge on any atom is -0.495 e. The highest BCUT2D eigenvalue weighted by Gasteiger charge is 2.08. The third kappa shape index (κ3) is 2.34. The number of benzene rings is 1. The molecule has 0 radical (unpaired) electrons. The summed E-state index contributed by atoms with van der Waals surface area (Å²) in [7, 11) is 1.50. The van der Waals surface area contributed by atoms with Gasteiger partial charge >= 0.3 is 0 Å². The van der Waals surface area contributed by atoms with Crippen molar-refractivity contribution < 1.29 is 14.9 Å². The van der Waals surface area contributed by atoms with Crippen LogP contribution in [-0.2, 0) is 0 Å². The predicted octanol–water partition coefficient (Wildman–Crippen LogP) is 1.37. The van der Waals surface area contributed by atoms with Crippen molar-refractivity contribution >= 4 is 11.6 Å². The van der Waals surface area contributed by atoms with E-state index in [1.165, 1.54) is 7.11 Å². The monoisotopic (exact) mass is 202 g/mol. The van der Waals surface area contributed by atoms with E-state index in [-0.39, 0.29) is 6.61 Å². The summed E-state index contributed by atoms with van der Waals surface area (Å²) < 4.78 is 4.96. The number of aliphatic hydroxyl groups is 2. The highest BCUT2D eigenvalue weighted by molar-refractivity contribution is 6.32. The van der Waals surface area contributed by atoms with Gasteiger partial charge in [0.15, 0.2) is 0 Å². The summed E-state index contributed by atoms with van der Waals surface area (Å²) in [4.78, 5) is 0. The Morgan fingerprint density at radius 2 is 2.23 bits per heavy atom. The molecule has 1 aromatic carbocycles. The number of halogens is 1. The molecule has 72 valence electrons. The summed E-state index contributed by atoms with van der Waals surface area (Å²) in [5, 5.41) is 18.5. The molecule has 1 atom stereocenters. The van der Waals surface area contributed by atoms with E-state index in [9.17, 15) is 5.11 Å². The van der Waals surface area contributed by atoms with Crippen LogP contribution in [0.15, 0.2) is 18.2 Å². The van der Waals surface area contributed by atoms with Gasteiger partial charge in [0.1, 0.15) is 11.9 Å². The molecular formula is C9H11ClO3. The topological polar surface area (TPSA) is 49.7 Å². The molecule has 0 bridgehead atoms. The second-order valence-corrected chi connectivity index (χ2v) is 3.00. The van der Waals surface area contributed by atoms with Crippen LogP contribution in [0.4, 0.5) is 0 Å². The molecule has 1 rings (SSSR count). The Morgan fingerprint density at radius 1 is 1.54 bits per heavy atom. The Hall–Kier alpha value is -0.770. The minimum atomic E-state index is -0.883. The summed E-state index contributed by atoms with van der Waals surface area (Å²) >= 11 is 5.78. The average molecular weight is 203 g/mol. The fraction of sp³-hybridized carbons (Fsp3) is 0.333. The van der Waals surface area contributed by atoms with E-state index in [1.54, 1.807) is 18.2 Å². The van der Waals surface area contributed by atoms with Gasteiger partial charge in [-0.15, -0.1) is 0 Å². The normalized spacial score (nSPS) is 12.6. The van der Waals surface area contributed by atoms with Crippen molar-refractivity contribution in [1.29, 1.82) is 0 Å². The fourth-order valence-corrected chi connectivity index (χ4v) is 1.18. The highest BCUT2D eigenvalue weighted by atomic mass is 35.5. The molecule has 4 heteroatoms. The van der Waals surface area contributed by atoms with Crippen molar-refractivity contribution in [3.8, 4) is 5.75 Å². The van der Waals surface area contributed by atoms with Crippen molar-refractivity contribution in [1.82, 2.24) is 0 Å². The number of ether oxygens (including phenoxy) is 1. The molecule has 13 heavy (non-hydrogen) atoms. The zero-order chi connectivity index (χ0) is 9.84. The lowest BCUT2D eigenvalue weighted by Crippen LogP contribution is -2.02. The Labute approximate surface area is 81.5 Å². The molecule has 0 fully saturated rings. The summed E-state index contributed by atoms with van der Waals surface area (Å²) in [5.41, 5.74) is 0.587. The molecule has 0 heterocycles. The molecule has 2 N–H and O–H groups in total. The van der Waals surface area contributed by atoms with Crippen LogP contribution in [0, 0.1) is 0 Å². The van der Waals surface area contributed by atoms with Crippen molar-refractivity contribution in [2.75, 3.05) is 13.7 Å². The van der Waals surface area contributed by atoms with E-state index in [0.29, 0.717) is 16.3 Å². The van der Waals surface area contributed by atoms with E-state index in [4.69, 9.17) is 21.4 Å². The zero-order valence-corrected chi connectivity index (χ0v) is 7.95. The van der Waals surface area contributed by atoms with Crippen LogP contribution < -0.4 is 4.74 Å². The fourth-order valence-electron chi connectivity index (χ4n) is 0.989. The standard InChI is InChI=1S/C9H11ClO3/c1-13-9-4-6(8(12)5-11)2-3-7(9)10/h2-4,8,11-12H,5H2,1H3. The molecule has 1 unspecified atom stereocenters. The maximum atomic E-state index is 9.29. The Balaban J connectivity index is 2.99. The van der Waals surface area contributed by atoms with Crippen molar-refractivity contribution in [3.63, 3.8) is 0 Å². The smallest absolute Gasteiger partial charge is 0.137 e. The second kappa shape index (κ2) is 4.46. The molecule has 1 aromatic rings. The average Bonchev–Trinajstić information content (AvgIpc) is 2.17. The lowest BCUT2D eigenvalue weighted by atomic mass is 10.1. The lowest BCUT2D eigenvalue weighted by Gasteiger charge is -2.09. The largest absolute Gasteiger partial charge is 0.495 e. The van der Waals surface area contributed by atoms with Crippen LogP contribution in [0.1, 0.15) is 11.7 Å². The molecule has 0 saturated carbocycles. The second-order valence-electron chi connectivity index (χ2n) is 2.59. The van der Waals surface area contributed by atoms with Gasteiger partial charge in [0.05, 0.1) is 18.7 Å². The van der Waals surface area contributed by atoms with Crippen LogP contribution in [0.2, 0.25) is 5.02 Å².